The lowest BCUT2D eigenvalue weighted by atomic mass is 10.0. The van der Waals surface area contributed by atoms with Crippen LogP contribution in [0.15, 0.2) is 12.4 Å². The van der Waals surface area contributed by atoms with Crippen molar-refractivity contribution in [2.24, 2.45) is 5.92 Å². The van der Waals surface area contributed by atoms with E-state index in [1.54, 1.807) is 6.20 Å². The molecular weight excluding hydrogens is 234 g/mol. The van der Waals surface area contributed by atoms with Gasteiger partial charge < -0.3 is 10.1 Å². The van der Waals surface area contributed by atoms with E-state index in [-0.39, 0.29) is 24.3 Å². The number of esters is 1. The van der Waals surface area contributed by atoms with Gasteiger partial charge in [-0.3, -0.25) is 14.3 Å². The summed E-state index contributed by atoms with van der Waals surface area (Å²) in [5.74, 6) is -0.387. The Morgan fingerprint density at radius 3 is 2.67 bits per heavy atom. The van der Waals surface area contributed by atoms with Gasteiger partial charge in [0.25, 0.3) is 0 Å². The Bertz CT molecular complexity index is 410. The number of nitrogens with one attached hydrogen (secondary N) is 1. The molecule has 0 spiro atoms. The molecule has 0 fully saturated rings. The second-order valence-corrected chi connectivity index (χ2v) is 4.01. The molecule has 1 amide bonds. The number of carbonyl (C=O) groups is 2. The van der Waals surface area contributed by atoms with Crippen LogP contribution in [0.1, 0.15) is 26.7 Å². The Hall–Kier alpha value is -1.85. The molecule has 100 valence electrons. The van der Waals surface area contributed by atoms with Crippen LogP contribution in [0.4, 0.5) is 5.69 Å². The minimum absolute atomic E-state index is 0.00829. The van der Waals surface area contributed by atoms with E-state index in [9.17, 15) is 9.59 Å². The van der Waals surface area contributed by atoms with Crippen LogP contribution in [-0.4, -0.2) is 28.8 Å². The number of hydrogen-bond acceptors (Lipinski definition) is 4. The van der Waals surface area contributed by atoms with E-state index in [1.807, 2.05) is 13.8 Å². The second-order valence-electron chi connectivity index (χ2n) is 4.01. The Morgan fingerprint density at radius 2 is 2.11 bits per heavy atom. The summed E-state index contributed by atoms with van der Waals surface area (Å²) in [5.41, 5.74) is 0.593. The molecule has 1 heterocycles. The third kappa shape index (κ3) is 3.87. The fourth-order valence-electron chi connectivity index (χ4n) is 1.62. The van der Waals surface area contributed by atoms with Crippen molar-refractivity contribution in [3.8, 4) is 0 Å². The van der Waals surface area contributed by atoms with E-state index in [4.69, 9.17) is 0 Å². The lowest BCUT2D eigenvalue weighted by molar-refractivity contribution is -0.141. The first-order chi connectivity index (χ1) is 8.60. The Labute approximate surface area is 106 Å². The van der Waals surface area contributed by atoms with Crippen LogP contribution in [0.25, 0.3) is 0 Å². The van der Waals surface area contributed by atoms with Crippen molar-refractivity contribution >= 4 is 17.6 Å². The molecule has 1 aromatic heterocycles. The van der Waals surface area contributed by atoms with Gasteiger partial charge in [-0.2, -0.15) is 5.10 Å². The molecule has 18 heavy (non-hydrogen) atoms. The fraction of sp³-hybridized carbons (Fsp3) is 0.583. The molecule has 0 bridgehead atoms. The van der Waals surface area contributed by atoms with Crippen LogP contribution in [0.5, 0.6) is 0 Å². The molecule has 0 saturated carbocycles. The first-order valence-electron chi connectivity index (χ1n) is 6.00. The largest absolute Gasteiger partial charge is 0.468 e. The van der Waals surface area contributed by atoms with Crippen molar-refractivity contribution in [3.05, 3.63) is 12.4 Å². The molecule has 6 heteroatoms. The van der Waals surface area contributed by atoms with E-state index in [0.29, 0.717) is 5.69 Å². The average Bonchev–Trinajstić information content (AvgIpc) is 2.77. The Morgan fingerprint density at radius 1 is 1.44 bits per heavy atom. The van der Waals surface area contributed by atoms with Crippen molar-refractivity contribution in [3.63, 3.8) is 0 Å². The number of rotatable bonds is 6. The van der Waals surface area contributed by atoms with Gasteiger partial charge in [0.1, 0.15) is 6.54 Å². The molecule has 6 nitrogen and oxygen atoms in total. The summed E-state index contributed by atoms with van der Waals surface area (Å²) in [7, 11) is 1.32. The second kappa shape index (κ2) is 6.78. The van der Waals surface area contributed by atoms with Gasteiger partial charge in [0.15, 0.2) is 0 Å². The van der Waals surface area contributed by atoms with Gasteiger partial charge in [0.2, 0.25) is 5.91 Å². The van der Waals surface area contributed by atoms with E-state index in [0.717, 1.165) is 12.8 Å². The number of aromatic nitrogens is 2. The van der Waals surface area contributed by atoms with Crippen LogP contribution in [0, 0.1) is 5.92 Å². The highest BCUT2D eigenvalue weighted by Gasteiger charge is 2.15. The molecule has 0 atom stereocenters. The van der Waals surface area contributed by atoms with Gasteiger partial charge in [-0.1, -0.05) is 13.8 Å². The summed E-state index contributed by atoms with van der Waals surface area (Å²) >= 11 is 0. The molecule has 0 radical (unpaired) electrons. The van der Waals surface area contributed by atoms with Crippen LogP contribution in [-0.2, 0) is 20.9 Å². The smallest absolute Gasteiger partial charge is 0.327 e. The van der Waals surface area contributed by atoms with Gasteiger partial charge in [-0.25, -0.2) is 0 Å². The third-order valence-electron chi connectivity index (χ3n) is 2.78. The molecule has 0 saturated heterocycles. The zero-order valence-corrected chi connectivity index (χ0v) is 11.0. The first kappa shape index (κ1) is 14.2. The van der Waals surface area contributed by atoms with Crippen molar-refractivity contribution in [1.29, 1.82) is 0 Å². The summed E-state index contributed by atoms with van der Waals surface area (Å²) in [6, 6.07) is 0. The molecule has 0 aliphatic rings. The molecule has 1 rings (SSSR count). The molecule has 0 aliphatic carbocycles. The summed E-state index contributed by atoms with van der Waals surface area (Å²) in [6.07, 6.45) is 4.73. The number of ether oxygens (including phenoxy) is 1. The Balaban J connectivity index is 2.58. The highest BCUT2D eigenvalue weighted by molar-refractivity contribution is 5.92. The highest BCUT2D eigenvalue weighted by atomic mass is 16.5. The number of hydrogen-bond donors (Lipinski definition) is 1. The quantitative estimate of drug-likeness (QED) is 0.778. The predicted molar refractivity (Wildman–Crippen MR) is 66.9 cm³/mol. The van der Waals surface area contributed by atoms with Gasteiger partial charge in [0, 0.05) is 12.1 Å². The van der Waals surface area contributed by atoms with E-state index >= 15 is 0 Å². The third-order valence-corrected chi connectivity index (χ3v) is 2.78. The maximum absolute atomic E-state index is 11.8. The van der Waals surface area contributed by atoms with Crippen molar-refractivity contribution in [2.45, 2.75) is 33.2 Å². The number of amides is 1. The number of carbonyl (C=O) groups excluding carboxylic acids is 2. The molecule has 0 aliphatic heterocycles. The summed E-state index contributed by atoms with van der Waals surface area (Å²) in [4.78, 5) is 22.9. The average molecular weight is 253 g/mol. The summed E-state index contributed by atoms with van der Waals surface area (Å²) in [5, 5.41) is 6.75. The lowest BCUT2D eigenvalue weighted by Crippen LogP contribution is -2.21. The van der Waals surface area contributed by atoms with Gasteiger partial charge in [-0.15, -0.1) is 0 Å². The monoisotopic (exact) mass is 253 g/mol. The van der Waals surface area contributed by atoms with Crippen molar-refractivity contribution in [1.82, 2.24) is 9.78 Å². The molecule has 1 aromatic rings. The standard InChI is InChI=1S/C12H19N3O3/c1-4-9(5-2)12(17)14-10-6-13-15(7-10)8-11(16)18-3/h6-7,9H,4-5,8H2,1-3H3,(H,14,17). The highest BCUT2D eigenvalue weighted by Crippen LogP contribution is 2.12. The van der Waals surface area contributed by atoms with Gasteiger partial charge in [-0.05, 0) is 12.8 Å². The molecule has 1 N–H and O–H groups in total. The minimum Gasteiger partial charge on any atom is -0.468 e. The van der Waals surface area contributed by atoms with Crippen LogP contribution < -0.4 is 5.32 Å². The van der Waals surface area contributed by atoms with Crippen LogP contribution in [0.3, 0.4) is 0 Å². The van der Waals surface area contributed by atoms with E-state index in [2.05, 4.69) is 15.2 Å². The SMILES string of the molecule is CCC(CC)C(=O)Nc1cnn(CC(=O)OC)c1. The zero-order valence-electron chi connectivity index (χ0n) is 11.0. The van der Waals surface area contributed by atoms with Crippen LogP contribution in [0.2, 0.25) is 0 Å². The minimum atomic E-state index is -0.379. The topological polar surface area (TPSA) is 73.2 Å². The maximum Gasteiger partial charge on any atom is 0.327 e. The van der Waals surface area contributed by atoms with Crippen molar-refractivity contribution in [2.75, 3.05) is 12.4 Å². The molecule has 0 aromatic carbocycles. The van der Waals surface area contributed by atoms with Crippen LogP contribution >= 0.6 is 0 Å². The molecular formula is C12H19N3O3. The van der Waals surface area contributed by atoms with Gasteiger partial charge in [0.05, 0.1) is 19.0 Å². The molecule has 0 unspecified atom stereocenters. The normalized spacial score (nSPS) is 10.4. The number of anilines is 1. The number of methoxy groups -OCH3 is 1. The van der Waals surface area contributed by atoms with E-state index in [1.165, 1.54) is 18.0 Å². The first-order valence-corrected chi connectivity index (χ1v) is 6.00. The predicted octanol–water partition coefficient (Wildman–Crippen LogP) is 1.43. The lowest BCUT2D eigenvalue weighted by Gasteiger charge is -2.10. The summed E-state index contributed by atoms with van der Waals surface area (Å²) < 4.78 is 5.96. The number of nitrogens with zero attached hydrogens (tertiary/aromatic N) is 2. The Kier molecular flexibility index (Phi) is 5.35. The zero-order chi connectivity index (χ0) is 13.5. The summed E-state index contributed by atoms with van der Waals surface area (Å²) in [6.45, 7) is 4.00. The fourth-order valence-corrected chi connectivity index (χ4v) is 1.62. The van der Waals surface area contributed by atoms with Crippen molar-refractivity contribution < 1.29 is 14.3 Å². The van der Waals surface area contributed by atoms with E-state index < -0.39 is 0 Å². The maximum atomic E-state index is 11.8. The van der Waals surface area contributed by atoms with Gasteiger partial charge >= 0.3 is 5.97 Å².